The molecule has 1 atom stereocenters. The van der Waals surface area contributed by atoms with Crippen LogP contribution < -0.4 is 0 Å². The summed E-state index contributed by atoms with van der Waals surface area (Å²) in [7, 11) is -3.54. The molecule has 0 bridgehead atoms. The third-order valence-electron chi connectivity index (χ3n) is 5.09. The van der Waals surface area contributed by atoms with Crippen LogP contribution in [-0.4, -0.2) is 56.4 Å². The Hall–Kier alpha value is -1.74. The number of morpholine rings is 1. The highest BCUT2D eigenvalue weighted by Crippen LogP contribution is 2.35. The predicted molar refractivity (Wildman–Crippen MR) is 103 cm³/mol. The molecule has 27 heavy (non-hydrogen) atoms. The lowest BCUT2D eigenvalue weighted by Gasteiger charge is -2.26. The molecule has 0 unspecified atom stereocenters. The van der Waals surface area contributed by atoms with E-state index in [0.29, 0.717) is 31.9 Å². The first-order valence-corrected chi connectivity index (χ1v) is 11.4. The summed E-state index contributed by atoms with van der Waals surface area (Å²) in [5.74, 6) is -0.0405. The summed E-state index contributed by atoms with van der Waals surface area (Å²) >= 11 is 1.67. The molecule has 2 saturated heterocycles. The van der Waals surface area contributed by atoms with Gasteiger partial charge < -0.3 is 9.64 Å². The Morgan fingerprint density at radius 2 is 1.81 bits per heavy atom. The average molecular weight is 407 g/mol. The van der Waals surface area contributed by atoms with Gasteiger partial charge in [-0.15, -0.1) is 11.3 Å². The molecule has 0 radical (unpaired) electrons. The van der Waals surface area contributed by atoms with Crippen LogP contribution in [0.1, 0.15) is 34.1 Å². The molecule has 1 aromatic carbocycles. The quantitative estimate of drug-likeness (QED) is 0.783. The molecule has 2 aliphatic rings. The lowest BCUT2D eigenvalue weighted by Crippen LogP contribution is -2.40. The monoisotopic (exact) mass is 406 g/mol. The van der Waals surface area contributed by atoms with Crippen LogP contribution in [0.4, 0.5) is 0 Å². The third kappa shape index (κ3) is 3.67. The van der Waals surface area contributed by atoms with Crippen LogP contribution in [0.15, 0.2) is 46.7 Å². The lowest BCUT2D eigenvalue weighted by atomic mass is 10.1. The fourth-order valence-electron chi connectivity index (χ4n) is 3.66. The van der Waals surface area contributed by atoms with Gasteiger partial charge in [0.2, 0.25) is 10.0 Å². The van der Waals surface area contributed by atoms with Crippen molar-refractivity contribution in [2.75, 3.05) is 32.8 Å². The number of nitrogens with zero attached hydrogens (tertiary/aromatic N) is 2. The molecule has 0 spiro atoms. The molecule has 4 rings (SSSR count). The molecule has 3 heterocycles. The Morgan fingerprint density at radius 3 is 2.48 bits per heavy atom. The van der Waals surface area contributed by atoms with E-state index in [1.54, 1.807) is 23.5 Å². The normalized spacial score (nSPS) is 21.5. The molecule has 6 nitrogen and oxygen atoms in total. The first kappa shape index (κ1) is 18.6. The molecule has 8 heteroatoms. The summed E-state index contributed by atoms with van der Waals surface area (Å²) in [6, 6.07) is 10.5. The fraction of sp³-hybridized carbons (Fsp3) is 0.421. The van der Waals surface area contributed by atoms with E-state index in [1.165, 1.54) is 21.3 Å². The highest BCUT2D eigenvalue weighted by atomic mass is 32.2. The van der Waals surface area contributed by atoms with E-state index in [9.17, 15) is 13.2 Å². The van der Waals surface area contributed by atoms with Crippen LogP contribution in [-0.2, 0) is 14.8 Å². The summed E-state index contributed by atoms with van der Waals surface area (Å²) in [5.41, 5.74) is 0.527. The van der Waals surface area contributed by atoms with E-state index in [2.05, 4.69) is 6.07 Å². The van der Waals surface area contributed by atoms with E-state index in [0.717, 1.165) is 19.4 Å². The minimum Gasteiger partial charge on any atom is -0.379 e. The van der Waals surface area contributed by atoms with E-state index in [-0.39, 0.29) is 16.8 Å². The van der Waals surface area contributed by atoms with Gasteiger partial charge in [-0.1, -0.05) is 6.07 Å². The molecule has 2 fully saturated rings. The second-order valence-electron chi connectivity index (χ2n) is 6.71. The van der Waals surface area contributed by atoms with Crippen LogP contribution in [0.2, 0.25) is 0 Å². The molecule has 2 aliphatic heterocycles. The smallest absolute Gasteiger partial charge is 0.254 e. The summed E-state index contributed by atoms with van der Waals surface area (Å²) in [4.78, 5) is 16.3. The number of thiophene rings is 1. The number of amides is 1. The van der Waals surface area contributed by atoms with E-state index in [1.807, 2.05) is 16.3 Å². The lowest BCUT2D eigenvalue weighted by molar-refractivity contribution is 0.0730. The zero-order valence-electron chi connectivity index (χ0n) is 14.9. The molecular formula is C19H22N2O4S2. The second kappa shape index (κ2) is 7.71. The zero-order chi connectivity index (χ0) is 18.9. The van der Waals surface area contributed by atoms with Gasteiger partial charge in [0, 0.05) is 30.1 Å². The number of sulfonamides is 1. The van der Waals surface area contributed by atoms with Crippen molar-refractivity contribution in [1.82, 2.24) is 9.21 Å². The van der Waals surface area contributed by atoms with Crippen molar-refractivity contribution in [2.45, 2.75) is 23.8 Å². The minimum absolute atomic E-state index is 0.0405. The molecule has 2 aromatic rings. The van der Waals surface area contributed by atoms with Gasteiger partial charge in [-0.2, -0.15) is 4.31 Å². The summed E-state index contributed by atoms with van der Waals surface area (Å²) in [6.45, 7) is 2.28. The maximum absolute atomic E-state index is 13.0. The van der Waals surface area contributed by atoms with Gasteiger partial charge in [0.25, 0.3) is 5.91 Å². The van der Waals surface area contributed by atoms with Crippen LogP contribution in [0.25, 0.3) is 0 Å². The van der Waals surface area contributed by atoms with Crippen LogP contribution in [0, 0.1) is 0 Å². The highest BCUT2D eigenvalue weighted by molar-refractivity contribution is 7.89. The number of hydrogen-bond acceptors (Lipinski definition) is 5. The van der Waals surface area contributed by atoms with E-state index < -0.39 is 10.0 Å². The number of ether oxygens (including phenoxy) is 1. The fourth-order valence-corrected chi connectivity index (χ4v) is 5.94. The van der Waals surface area contributed by atoms with Crippen molar-refractivity contribution in [2.24, 2.45) is 0 Å². The van der Waals surface area contributed by atoms with Gasteiger partial charge in [0.15, 0.2) is 0 Å². The number of hydrogen-bond donors (Lipinski definition) is 0. The van der Waals surface area contributed by atoms with Crippen LogP contribution in [0.3, 0.4) is 0 Å². The summed E-state index contributed by atoms with van der Waals surface area (Å²) in [5, 5.41) is 2.03. The van der Waals surface area contributed by atoms with Crippen LogP contribution in [0.5, 0.6) is 0 Å². The first-order chi connectivity index (χ1) is 13.1. The molecule has 0 aliphatic carbocycles. The molecule has 1 aromatic heterocycles. The highest BCUT2D eigenvalue weighted by Gasteiger charge is 2.32. The third-order valence-corrected chi connectivity index (χ3v) is 7.98. The topological polar surface area (TPSA) is 66.9 Å². The van der Waals surface area contributed by atoms with Gasteiger partial charge in [-0.25, -0.2) is 8.42 Å². The average Bonchev–Trinajstić information content (AvgIpc) is 3.39. The van der Waals surface area contributed by atoms with Crippen molar-refractivity contribution in [3.05, 3.63) is 52.2 Å². The van der Waals surface area contributed by atoms with Gasteiger partial charge in [0.1, 0.15) is 0 Å². The van der Waals surface area contributed by atoms with Crippen molar-refractivity contribution in [3.63, 3.8) is 0 Å². The van der Waals surface area contributed by atoms with Crippen molar-refractivity contribution >= 4 is 27.3 Å². The molecule has 0 N–H and O–H groups in total. The standard InChI is InChI=1S/C19H22N2O4S2/c22-19(21-9-1-3-17(21)18-4-2-14-26-18)15-5-7-16(8-6-15)27(23,24)20-10-12-25-13-11-20/h2,4-8,14,17H,1,3,9-13H2/t17-/m1/s1. The second-order valence-corrected chi connectivity index (χ2v) is 9.63. The maximum Gasteiger partial charge on any atom is 0.254 e. The first-order valence-electron chi connectivity index (χ1n) is 9.10. The van der Waals surface area contributed by atoms with Crippen molar-refractivity contribution in [3.8, 4) is 0 Å². The van der Waals surface area contributed by atoms with E-state index >= 15 is 0 Å². The molecule has 1 amide bonds. The summed E-state index contributed by atoms with van der Waals surface area (Å²) in [6.07, 6.45) is 1.95. The Labute approximate surface area is 163 Å². The van der Waals surface area contributed by atoms with E-state index in [4.69, 9.17) is 4.74 Å². The number of benzene rings is 1. The molecule has 144 valence electrons. The van der Waals surface area contributed by atoms with Gasteiger partial charge >= 0.3 is 0 Å². The van der Waals surface area contributed by atoms with Gasteiger partial charge in [-0.3, -0.25) is 4.79 Å². The van der Waals surface area contributed by atoms with Gasteiger partial charge in [0.05, 0.1) is 24.2 Å². The Kier molecular flexibility index (Phi) is 5.32. The Balaban J connectivity index is 1.52. The molecule has 0 saturated carbocycles. The van der Waals surface area contributed by atoms with Crippen LogP contribution >= 0.6 is 11.3 Å². The zero-order valence-corrected chi connectivity index (χ0v) is 16.5. The Bertz CT molecular complexity index is 888. The summed E-state index contributed by atoms with van der Waals surface area (Å²) < 4.78 is 32.1. The number of likely N-dealkylation sites (tertiary alicyclic amines) is 1. The predicted octanol–water partition coefficient (Wildman–Crippen LogP) is 2.75. The largest absolute Gasteiger partial charge is 0.379 e. The number of rotatable bonds is 4. The van der Waals surface area contributed by atoms with Crippen molar-refractivity contribution in [1.29, 1.82) is 0 Å². The van der Waals surface area contributed by atoms with Gasteiger partial charge in [-0.05, 0) is 48.6 Å². The minimum atomic E-state index is -3.54. The number of carbonyl (C=O) groups excluding carboxylic acids is 1. The maximum atomic E-state index is 13.0. The molecular weight excluding hydrogens is 384 g/mol. The van der Waals surface area contributed by atoms with Crippen molar-refractivity contribution < 1.29 is 17.9 Å². The SMILES string of the molecule is O=C(c1ccc(S(=O)(=O)N2CCOCC2)cc1)N1CCC[C@@H]1c1cccs1. The Morgan fingerprint density at radius 1 is 1.07 bits per heavy atom. The number of carbonyl (C=O) groups is 1.